The number of fused-ring (bicyclic) bond motifs is 1. The number of anilines is 2. The van der Waals surface area contributed by atoms with Crippen molar-refractivity contribution in [2.75, 3.05) is 17.3 Å². The minimum absolute atomic E-state index is 0. The molecule has 0 spiro atoms. The van der Waals surface area contributed by atoms with Gasteiger partial charge in [0.2, 0.25) is 17.7 Å². The molecule has 0 unspecified atom stereocenters. The predicted octanol–water partition coefficient (Wildman–Crippen LogP) is 10.7. The summed E-state index contributed by atoms with van der Waals surface area (Å²) >= 11 is 14.9. The average Bonchev–Trinajstić information content (AvgIpc) is 3.91. The number of hydrogen-bond donors (Lipinski definition) is 2. The number of rotatable bonds is 8. The van der Waals surface area contributed by atoms with Gasteiger partial charge in [0.1, 0.15) is 22.6 Å². The van der Waals surface area contributed by atoms with Crippen LogP contribution in [0.1, 0.15) is 60.6 Å². The van der Waals surface area contributed by atoms with E-state index in [-0.39, 0.29) is 71.3 Å². The van der Waals surface area contributed by atoms with Gasteiger partial charge in [-0.1, -0.05) is 14.9 Å². The molecule has 1 fully saturated rings. The van der Waals surface area contributed by atoms with E-state index in [9.17, 15) is 35.9 Å². The Balaban J connectivity index is 0.000000299. The van der Waals surface area contributed by atoms with Crippen LogP contribution >= 0.6 is 34.8 Å². The number of nitrogen functional groups attached to an aromatic ring is 2. The fourth-order valence-corrected chi connectivity index (χ4v) is 6.76. The number of pyridine rings is 2. The summed E-state index contributed by atoms with van der Waals surface area (Å²) in [6.45, 7) is 13.3. The Morgan fingerprint density at radius 3 is 1.43 bits per heavy atom. The van der Waals surface area contributed by atoms with Crippen LogP contribution in [0.15, 0.2) is 132 Å². The fourth-order valence-electron chi connectivity index (χ4n) is 6.76. The number of hydrogen-bond acceptors (Lipinski definition) is 15. The van der Waals surface area contributed by atoms with E-state index >= 15 is 0 Å². The van der Waals surface area contributed by atoms with Crippen LogP contribution in [0.3, 0.4) is 0 Å². The van der Waals surface area contributed by atoms with E-state index < -0.39 is 19.8 Å². The van der Waals surface area contributed by atoms with Gasteiger partial charge in [-0.2, -0.15) is 0 Å². The molecule has 428 valence electrons. The second kappa shape index (κ2) is 28.5. The van der Waals surface area contributed by atoms with E-state index in [0.29, 0.717) is 40.1 Å². The zero-order valence-corrected chi connectivity index (χ0v) is 44.7. The highest BCUT2D eigenvalue weighted by atomic mass is 35.5. The first-order valence-electron chi connectivity index (χ1n) is 22.8. The minimum atomic E-state index is -4.77. The standard InChI is InChI=1S/C19H13F3N4O2.C17H13F3N4O2.C10H16BN3O2.C2H4Cl2.C2H3ClO.2CH4/c1-12-8-17(27)26(14-2-4-15(5-3-14)28-19(20,21)22)11-16(12)13-9-24-18-23-6-7-25(18)10-13;1-10-6-15(25)24(9-14(10)11-7-22-16(21)23-8-11)12-2-4-13(5-3-12)26-17(18,19)20;1-9(2)10(3,4)16-11(15-9)7-5-13-8(12)14-6-7;1-2(3)4;3-1-2-4;;/h2-11H,1H3;2-9H,1H3,(H2,21,22,23);5-6H,1-4H3,(H2,12,13,14);2H,1H3;2H,1H2;2*1H4. The van der Waals surface area contributed by atoms with E-state index in [1.54, 1.807) is 68.5 Å². The normalized spacial score (nSPS) is 13.0. The highest BCUT2D eigenvalue weighted by molar-refractivity contribution is 6.61. The molecule has 0 saturated carbocycles. The highest BCUT2D eigenvalue weighted by Crippen LogP contribution is 2.36. The number of ether oxygens (including phenoxy) is 2. The number of aryl methyl sites for hydroxylation is 2. The Hall–Kier alpha value is -7.58. The third-order valence-corrected chi connectivity index (χ3v) is 11.2. The lowest BCUT2D eigenvalue weighted by molar-refractivity contribution is -0.275. The van der Waals surface area contributed by atoms with Gasteiger partial charge in [-0.25, -0.2) is 29.9 Å². The summed E-state index contributed by atoms with van der Waals surface area (Å²) < 4.78 is 97.5. The van der Waals surface area contributed by atoms with Crippen LogP contribution in [0.5, 0.6) is 11.5 Å². The molecule has 9 rings (SSSR count). The summed E-state index contributed by atoms with van der Waals surface area (Å²) in [5.74, 6) is 0.315. The van der Waals surface area contributed by atoms with Crippen LogP contribution < -0.4 is 37.5 Å². The molecule has 18 nitrogen and oxygen atoms in total. The molecule has 0 atom stereocenters. The number of carbonyl (C=O) groups excluding carboxylic acids is 1. The van der Waals surface area contributed by atoms with Gasteiger partial charge in [0.05, 0.1) is 17.1 Å². The lowest BCUT2D eigenvalue weighted by Crippen LogP contribution is -2.41. The van der Waals surface area contributed by atoms with Gasteiger partial charge >= 0.3 is 19.8 Å². The first-order valence-corrected chi connectivity index (χ1v) is 24.2. The van der Waals surface area contributed by atoms with Crippen molar-refractivity contribution in [3.8, 4) is 45.1 Å². The first-order chi connectivity index (χ1) is 36.5. The molecule has 2 aromatic carbocycles. The Morgan fingerprint density at radius 1 is 0.662 bits per heavy atom. The average molecular weight is 1180 g/mol. The van der Waals surface area contributed by atoms with Gasteiger partial charge in [0.15, 0.2) is 0 Å². The topological polar surface area (TPSA) is 232 Å². The summed E-state index contributed by atoms with van der Waals surface area (Å²) in [6, 6.07) is 13.0. The summed E-state index contributed by atoms with van der Waals surface area (Å²) in [6.07, 6.45) is 7.51. The van der Waals surface area contributed by atoms with Gasteiger partial charge < -0.3 is 35.0 Å². The van der Waals surface area contributed by atoms with Gasteiger partial charge in [-0.15, -0.1) is 61.1 Å². The van der Waals surface area contributed by atoms with Crippen LogP contribution in [0, 0.1) is 13.8 Å². The van der Waals surface area contributed by atoms with Crippen LogP contribution in [-0.4, -0.2) is 91.5 Å². The second-order valence-corrected chi connectivity index (χ2v) is 19.2. The van der Waals surface area contributed by atoms with E-state index in [1.165, 1.54) is 57.9 Å². The first kappa shape index (κ1) is 66.7. The monoisotopic (exact) mass is 1180 g/mol. The van der Waals surface area contributed by atoms with Crippen molar-refractivity contribution >= 4 is 71.3 Å². The molecule has 4 N–H and O–H groups in total. The number of carbonyl (C=O) groups is 1. The van der Waals surface area contributed by atoms with Crippen molar-refractivity contribution in [2.24, 2.45) is 0 Å². The summed E-state index contributed by atoms with van der Waals surface area (Å²) in [5, 5.41) is 0. The van der Waals surface area contributed by atoms with Gasteiger partial charge in [-0.05, 0) is 108 Å². The van der Waals surface area contributed by atoms with E-state index in [2.05, 4.69) is 39.4 Å². The Labute approximate surface area is 471 Å². The molecule has 6 aromatic heterocycles. The molecule has 0 amide bonds. The summed E-state index contributed by atoms with van der Waals surface area (Å²) in [7, 11) is -0.425. The maximum absolute atomic E-state index is 12.4. The SMILES string of the molecule is C.C.CC(Cl)Cl.CC1(C)OB(c2cnc(N)nc2)OC1(C)C.Cc1cc(=O)n(-c2ccc(OC(F)(F)F)cc2)cc1-c1cnc(N)nc1.Cc1cc(=O)n(-c2ccc(OC(F)(F)F)cc2)cc1-c1cnc2nccn2c1.O=CCCl. The number of aldehydes is 1. The lowest BCUT2D eigenvalue weighted by atomic mass is 9.81. The number of imidazole rings is 1. The molecule has 1 saturated heterocycles. The number of benzene rings is 2. The molecule has 80 heavy (non-hydrogen) atoms. The largest absolute Gasteiger partial charge is 0.573 e. The van der Waals surface area contributed by atoms with Crippen molar-refractivity contribution < 1.29 is 49.9 Å². The molecule has 1 aliphatic rings. The van der Waals surface area contributed by atoms with Crippen molar-refractivity contribution in [2.45, 2.75) is 92.1 Å². The van der Waals surface area contributed by atoms with Gasteiger partial charge in [-0.3, -0.25) is 23.1 Å². The molecular formula is C52H57BCl3F6N11O7. The predicted molar refractivity (Wildman–Crippen MR) is 298 cm³/mol. The van der Waals surface area contributed by atoms with Crippen molar-refractivity contribution in [3.05, 3.63) is 154 Å². The molecular weight excluding hydrogens is 1120 g/mol. The van der Waals surface area contributed by atoms with E-state index in [0.717, 1.165) is 46.4 Å². The van der Waals surface area contributed by atoms with Crippen LogP contribution in [-0.2, 0) is 14.1 Å². The molecule has 28 heteroatoms. The van der Waals surface area contributed by atoms with Crippen molar-refractivity contribution in [1.82, 2.24) is 43.4 Å². The fraction of sp³-hybridized carbons (Fsp3) is 0.288. The second-order valence-electron chi connectivity index (χ2n) is 17.3. The van der Waals surface area contributed by atoms with Gasteiger partial charge in [0.25, 0.3) is 11.1 Å². The Bertz CT molecular complexity index is 3370. The van der Waals surface area contributed by atoms with Crippen LogP contribution in [0.25, 0.3) is 39.4 Å². The smallest absolute Gasteiger partial charge is 0.406 e. The highest BCUT2D eigenvalue weighted by Gasteiger charge is 2.52. The Kier molecular flexibility index (Phi) is 23.8. The number of nitrogens with two attached hydrogens (primary N) is 2. The number of aromatic nitrogens is 9. The van der Waals surface area contributed by atoms with E-state index in [4.69, 9.17) is 60.4 Å². The molecule has 0 aliphatic carbocycles. The van der Waals surface area contributed by atoms with E-state index in [1.807, 2.05) is 33.9 Å². The number of halogens is 9. The maximum atomic E-state index is 12.4. The molecule has 7 heterocycles. The van der Waals surface area contributed by atoms with Crippen LogP contribution in [0.4, 0.5) is 38.2 Å². The zero-order valence-electron chi connectivity index (χ0n) is 42.4. The molecule has 1 aliphatic heterocycles. The van der Waals surface area contributed by atoms with Gasteiger partial charge in [0, 0.05) is 113 Å². The van der Waals surface area contributed by atoms with Crippen molar-refractivity contribution in [1.29, 1.82) is 0 Å². The molecule has 0 bridgehead atoms. The lowest BCUT2D eigenvalue weighted by Gasteiger charge is -2.32. The summed E-state index contributed by atoms with van der Waals surface area (Å²) in [5.41, 5.74) is 15.5. The summed E-state index contributed by atoms with van der Waals surface area (Å²) in [4.78, 5) is 57.6. The minimum Gasteiger partial charge on any atom is -0.406 e. The number of nitrogens with zero attached hydrogens (tertiary/aromatic N) is 9. The Morgan fingerprint density at radius 2 is 1.04 bits per heavy atom. The molecule has 8 aromatic rings. The maximum Gasteiger partial charge on any atom is 0.573 e. The third-order valence-electron chi connectivity index (χ3n) is 11.0. The third kappa shape index (κ3) is 19.1. The number of alkyl halides is 9. The van der Waals surface area contributed by atoms with Crippen LogP contribution in [0.2, 0.25) is 0 Å². The zero-order chi connectivity index (χ0) is 57.8. The van der Waals surface area contributed by atoms with Crippen molar-refractivity contribution in [3.63, 3.8) is 0 Å². The quantitative estimate of drug-likeness (QED) is 0.0623. The molecule has 0 radical (unpaired) electrons.